The molecule has 0 fully saturated rings. The molecule has 0 radical (unpaired) electrons. The van der Waals surface area contributed by atoms with E-state index in [0.29, 0.717) is 0 Å². The number of hydrogen-bond donors (Lipinski definition) is 1. The van der Waals surface area contributed by atoms with Crippen LogP contribution >= 0.6 is 11.6 Å². The molecule has 0 bridgehead atoms. The molecule has 0 unspecified atom stereocenters. The second-order valence-electron chi connectivity index (χ2n) is 4.97. The number of benzene rings is 1. The maximum absolute atomic E-state index is 12.5. The normalized spacial score (nSPS) is 11.8. The molecule has 20 heavy (non-hydrogen) atoms. The Labute approximate surface area is 120 Å². The summed E-state index contributed by atoms with van der Waals surface area (Å²) in [4.78, 5) is 12.9. The minimum Gasteiger partial charge on any atom is -0.399 e. The first-order valence-corrected chi connectivity index (χ1v) is 6.38. The summed E-state index contributed by atoms with van der Waals surface area (Å²) in [6, 6.07) is 4.05. The van der Waals surface area contributed by atoms with Gasteiger partial charge in [-0.05, 0) is 24.1 Å². The fourth-order valence-corrected chi connectivity index (χ4v) is 2.04. The van der Waals surface area contributed by atoms with Crippen molar-refractivity contribution in [2.24, 2.45) is 5.92 Å². The van der Waals surface area contributed by atoms with E-state index >= 15 is 0 Å². The summed E-state index contributed by atoms with van der Waals surface area (Å²) in [6.07, 6.45) is -4.45. The lowest BCUT2D eigenvalue weighted by Gasteiger charge is -2.26. The second kappa shape index (κ2) is 6.35. The summed E-state index contributed by atoms with van der Waals surface area (Å²) in [5.41, 5.74) is 5.84. The fraction of sp³-hybridized carbons (Fsp3) is 0.462. The SMILES string of the molecule is CC(C)CN(CC(F)(F)F)C(=O)c1cc(N)cc(Cl)c1. The first-order chi connectivity index (χ1) is 9.08. The lowest BCUT2D eigenvalue weighted by Crippen LogP contribution is -2.41. The Hall–Kier alpha value is -1.43. The van der Waals surface area contributed by atoms with E-state index in [1.807, 2.05) is 0 Å². The lowest BCUT2D eigenvalue weighted by atomic mass is 10.1. The summed E-state index contributed by atoms with van der Waals surface area (Å²) in [6.45, 7) is 2.19. The van der Waals surface area contributed by atoms with Crippen LogP contribution in [0.25, 0.3) is 0 Å². The summed E-state index contributed by atoms with van der Waals surface area (Å²) in [7, 11) is 0. The van der Waals surface area contributed by atoms with Crippen LogP contribution in [0.5, 0.6) is 0 Å². The third kappa shape index (κ3) is 5.28. The fourth-order valence-electron chi connectivity index (χ4n) is 1.79. The molecule has 112 valence electrons. The minimum atomic E-state index is -4.45. The number of hydrogen-bond acceptors (Lipinski definition) is 2. The largest absolute Gasteiger partial charge is 0.406 e. The molecular formula is C13H16ClF3N2O. The van der Waals surface area contributed by atoms with Gasteiger partial charge in [-0.3, -0.25) is 4.79 Å². The van der Waals surface area contributed by atoms with Gasteiger partial charge in [0.05, 0.1) is 0 Å². The summed E-state index contributed by atoms with van der Waals surface area (Å²) >= 11 is 5.76. The molecule has 1 aromatic rings. The zero-order chi connectivity index (χ0) is 15.5. The number of carbonyl (C=O) groups excluding carboxylic acids is 1. The quantitative estimate of drug-likeness (QED) is 0.864. The van der Waals surface area contributed by atoms with Crippen LogP contribution in [0.3, 0.4) is 0 Å². The zero-order valence-electron chi connectivity index (χ0n) is 11.2. The molecule has 1 amide bonds. The number of nitrogens with zero attached hydrogens (tertiary/aromatic N) is 1. The van der Waals surface area contributed by atoms with Gasteiger partial charge >= 0.3 is 6.18 Å². The van der Waals surface area contributed by atoms with Gasteiger partial charge in [-0.1, -0.05) is 25.4 Å². The predicted molar refractivity (Wildman–Crippen MR) is 72.7 cm³/mol. The van der Waals surface area contributed by atoms with Gasteiger partial charge in [0, 0.05) is 22.8 Å². The van der Waals surface area contributed by atoms with Gasteiger partial charge < -0.3 is 10.6 Å². The van der Waals surface area contributed by atoms with Gasteiger partial charge in [0.15, 0.2) is 0 Å². The summed E-state index contributed by atoms with van der Waals surface area (Å²) in [5.74, 6) is -0.817. The topological polar surface area (TPSA) is 46.3 Å². The molecule has 7 heteroatoms. The van der Waals surface area contributed by atoms with Gasteiger partial charge in [-0.15, -0.1) is 0 Å². The van der Waals surface area contributed by atoms with Crippen LogP contribution in [-0.2, 0) is 0 Å². The first kappa shape index (κ1) is 16.6. The van der Waals surface area contributed by atoms with Crippen LogP contribution in [-0.4, -0.2) is 30.1 Å². The number of alkyl halides is 3. The van der Waals surface area contributed by atoms with Crippen molar-refractivity contribution in [1.29, 1.82) is 0 Å². The van der Waals surface area contributed by atoms with Crippen LogP contribution in [0, 0.1) is 5.92 Å². The van der Waals surface area contributed by atoms with Crippen molar-refractivity contribution in [3.63, 3.8) is 0 Å². The highest BCUT2D eigenvalue weighted by molar-refractivity contribution is 6.31. The molecule has 0 aromatic heterocycles. The number of anilines is 1. The molecule has 0 atom stereocenters. The highest BCUT2D eigenvalue weighted by atomic mass is 35.5. The van der Waals surface area contributed by atoms with Crippen molar-refractivity contribution in [2.45, 2.75) is 20.0 Å². The van der Waals surface area contributed by atoms with Gasteiger partial charge in [-0.25, -0.2) is 0 Å². The van der Waals surface area contributed by atoms with Crippen molar-refractivity contribution in [3.8, 4) is 0 Å². The number of halogens is 4. The van der Waals surface area contributed by atoms with E-state index in [0.717, 1.165) is 4.90 Å². The number of nitrogen functional groups attached to an aromatic ring is 1. The standard InChI is InChI=1S/C13H16ClF3N2O/c1-8(2)6-19(7-13(15,16)17)12(20)9-3-10(14)5-11(18)4-9/h3-5,8H,6-7,18H2,1-2H3. The van der Waals surface area contributed by atoms with Gasteiger partial charge in [0.2, 0.25) is 0 Å². The monoisotopic (exact) mass is 308 g/mol. The van der Waals surface area contributed by atoms with Crippen molar-refractivity contribution >= 4 is 23.2 Å². The Morgan fingerprint density at radius 3 is 2.40 bits per heavy atom. The van der Waals surface area contributed by atoms with Crippen LogP contribution in [0.2, 0.25) is 5.02 Å². The van der Waals surface area contributed by atoms with Crippen LogP contribution < -0.4 is 5.73 Å². The van der Waals surface area contributed by atoms with E-state index in [9.17, 15) is 18.0 Å². The third-order valence-corrected chi connectivity index (χ3v) is 2.63. The Morgan fingerprint density at radius 1 is 1.35 bits per heavy atom. The summed E-state index contributed by atoms with van der Waals surface area (Å²) in [5, 5.41) is 0.213. The Bertz CT molecular complexity index is 469. The van der Waals surface area contributed by atoms with Crippen molar-refractivity contribution in [3.05, 3.63) is 28.8 Å². The molecule has 0 aliphatic carbocycles. The molecule has 1 aromatic carbocycles. The van der Waals surface area contributed by atoms with Crippen molar-refractivity contribution < 1.29 is 18.0 Å². The van der Waals surface area contributed by atoms with Gasteiger partial charge in [-0.2, -0.15) is 13.2 Å². The van der Waals surface area contributed by atoms with Gasteiger partial charge in [0.1, 0.15) is 6.54 Å². The highest BCUT2D eigenvalue weighted by Gasteiger charge is 2.33. The minimum absolute atomic E-state index is 0.00472. The Balaban J connectivity index is 3.03. The molecule has 0 aliphatic rings. The molecule has 0 saturated heterocycles. The molecule has 0 spiro atoms. The van der Waals surface area contributed by atoms with Gasteiger partial charge in [0.25, 0.3) is 5.91 Å². The average Bonchev–Trinajstić information content (AvgIpc) is 2.23. The van der Waals surface area contributed by atoms with E-state index in [1.54, 1.807) is 13.8 Å². The van der Waals surface area contributed by atoms with E-state index in [1.165, 1.54) is 18.2 Å². The van der Waals surface area contributed by atoms with Crippen molar-refractivity contribution in [1.82, 2.24) is 4.90 Å². The second-order valence-corrected chi connectivity index (χ2v) is 5.40. The highest BCUT2D eigenvalue weighted by Crippen LogP contribution is 2.22. The summed E-state index contributed by atoms with van der Waals surface area (Å²) < 4.78 is 37.6. The Morgan fingerprint density at radius 2 is 1.95 bits per heavy atom. The average molecular weight is 309 g/mol. The molecule has 0 saturated carbocycles. The number of amides is 1. The number of nitrogens with two attached hydrogens (primary N) is 1. The molecule has 0 heterocycles. The van der Waals surface area contributed by atoms with E-state index < -0.39 is 18.6 Å². The van der Waals surface area contributed by atoms with Crippen LogP contribution in [0.4, 0.5) is 18.9 Å². The molecule has 1 rings (SSSR count). The molecule has 2 N–H and O–H groups in total. The maximum atomic E-state index is 12.5. The smallest absolute Gasteiger partial charge is 0.399 e. The molecular weight excluding hydrogens is 293 g/mol. The number of carbonyl (C=O) groups is 1. The maximum Gasteiger partial charge on any atom is 0.406 e. The number of rotatable bonds is 4. The predicted octanol–water partition coefficient (Wildman–Crippen LogP) is 3.58. The van der Waals surface area contributed by atoms with E-state index in [2.05, 4.69) is 0 Å². The lowest BCUT2D eigenvalue weighted by molar-refractivity contribution is -0.141. The van der Waals surface area contributed by atoms with E-state index in [-0.39, 0.29) is 28.7 Å². The van der Waals surface area contributed by atoms with E-state index in [4.69, 9.17) is 17.3 Å². The van der Waals surface area contributed by atoms with Crippen LogP contribution in [0.15, 0.2) is 18.2 Å². The van der Waals surface area contributed by atoms with Crippen molar-refractivity contribution in [2.75, 3.05) is 18.8 Å². The zero-order valence-corrected chi connectivity index (χ0v) is 11.9. The van der Waals surface area contributed by atoms with Crippen LogP contribution in [0.1, 0.15) is 24.2 Å². The Kier molecular flexibility index (Phi) is 5.28. The first-order valence-electron chi connectivity index (χ1n) is 6.00. The molecule has 0 aliphatic heterocycles. The third-order valence-electron chi connectivity index (χ3n) is 2.41. The molecule has 3 nitrogen and oxygen atoms in total.